The van der Waals surface area contributed by atoms with Crippen molar-refractivity contribution in [3.63, 3.8) is 0 Å². The molecule has 1 atom stereocenters. The minimum absolute atomic E-state index is 0.469. The molecule has 21 heavy (non-hydrogen) atoms. The van der Waals surface area contributed by atoms with Crippen LogP contribution in [-0.2, 0) is 0 Å². The van der Waals surface area contributed by atoms with E-state index in [0.29, 0.717) is 5.92 Å². The zero-order valence-corrected chi connectivity index (χ0v) is 14.9. The standard InChI is InChI=1S/C19H29ClO/c1-6-9-10-11-16(8-3)18-15(5)17(20)13-14(4)19(18)21-12-7-2/h9-10,13,16H,6-8,11-12H2,1-5H3/b10-9-. The monoisotopic (exact) mass is 308 g/mol. The lowest BCUT2D eigenvalue weighted by Crippen LogP contribution is -2.07. The third-order valence-corrected chi connectivity index (χ3v) is 4.28. The molecule has 0 heterocycles. The van der Waals surface area contributed by atoms with Crippen LogP contribution >= 0.6 is 11.6 Å². The number of hydrogen-bond acceptors (Lipinski definition) is 1. The van der Waals surface area contributed by atoms with Gasteiger partial charge in [-0.1, -0.05) is 44.5 Å². The van der Waals surface area contributed by atoms with Crippen LogP contribution in [0.3, 0.4) is 0 Å². The van der Waals surface area contributed by atoms with E-state index in [0.717, 1.165) is 48.6 Å². The Hall–Kier alpha value is -0.950. The van der Waals surface area contributed by atoms with Crippen LogP contribution in [0, 0.1) is 13.8 Å². The van der Waals surface area contributed by atoms with Gasteiger partial charge in [-0.15, -0.1) is 0 Å². The van der Waals surface area contributed by atoms with Crippen molar-refractivity contribution in [2.45, 2.75) is 66.2 Å². The fourth-order valence-corrected chi connectivity index (χ4v) is 2.94. The summed E-state index contributed by atoms with van der Waals surface area (Å²) < 4.78 is 6.06. The SMILES string of the molecule is CC/C=C\CC(CC)c1c(C)c(Cl)cc(C)c1OCCC. The minimum atomic E-state index is 0.469. The summed E-state index contributed by atoms with van der Waals surface area (Å²) in [5.74, 6) is 1.52. The third-order valence-electron chi connectivity index (χ3n) is 3.88. The Morgan fingerprint density at radius 3 is 2.48 bits per heavy atom. The van der Waals surface area contributed by atoms with E-state index in [-0.39, 0.29) is 0 Å². The summed E-state index contributed by atoms with van der Waals surface area (Å²) in [7, 11) is 0. The van der Waals surface area contributed by atoms with Crippen LogP contribution in [0.25, 0.3) is 0 Å². The molecule has 0 saturated heterocycles. The average Bonchev–Trinajstić information content (AvgIpc) is 2.47. The van der Waals surface area contributed by atoms with E-state index in [4.69, 9.17) is 16.3 Å². The van der Waals surface area contributed by atoms with Crippen LogP contribution in [0.4, 0.5) is 0 Å². The number of hydrogen-bond donors (Lipinski definition) is 0. The quantitative estimate of drug-likeness (QED) is 0.492. The Kier molecular flexibility index (Phi) is 7.88. The highest BCUT2D eigenvalue weighted by Crippen LogP contribution is 2.40. The molecule has 1 unspecified atom stereocenters. The molecule has 0 fully saturated rings. The van der Waals surface area contributed by atoms with Gasteiger partial charge in [-0.3, -0.25) is 0 Å². The van der Waals surface area contributed by atoms with Gasteiger partial charge in [-0.2, -0.15) is 0 Å². The summed E-state index contributed by atoms with van der Waals surface area (Å²) >= 11 is 6.41. The van der Waals surface area contributed by atoms with Crippen molar-refractivity contribution >= 4 is 11.6 Å². The maximum Gasteiger partial charge on any atom is 0.126 e. The maximum absolute atomic E-state index is 6.41. The molecule has 0 aliphatic rings. The van der Waals surface area contributed by atoms with Crippen molar-refractivity contribution in [1.82, 2.24) is 0 Å². The molecule has 0 aliphatic heterocycles. The van der Waals surface area contributed by atoms with E-state index in [1.807, 2.05) is 6.07 Å². The van der Waals surface area contributed by atoms with Gasteiger partial charge >= 0.3 is 0 Å². The average molecular weight is 309 g/mol. The van der Waals surface area contributed by atoms with E-state index >= 15 is 0 Å². The largest absolute Gasteiger partial charge is 0.493 e. The Bertz CT molecular complexity index is 477. The Morgan fingerprint density at radius 1 is 1.19 bits per heavy atom. The van der Waals surface area contributed by atoms with Crippen LogP contribution in [0.2, 0.25) is 5.02 Å². The van der Waals surface area contributed by atoms with Crippen molar-refractivity contribution < 1.29 is 4.74 Å². The Labute approximate surface area is 135 Å². The summed E-state index contributed by atoms with van der Waals surface area (Å²) in [6.07, 6.45) is 8.77. The summed E-state index contributed by atoms with van der Waals surface area (Å²) in [5, 5.41) is 0.851. The van der Waals surface area contributed by atoms with Crippen LogP contribution in [0.15, 0.2) is 18.2 Å². The van der Waals surface area contributed by atoms with Gasteiger partial charge in [0, 0.05) is 10.6 Å². The molecule has 1 aromatic rings. The van der Waals surface area contributed by atoms with E-state index < -0.39 is 0 Å². The molecule has 2 heteroatoms. The molecule has 0 aliphatic carbocycles. The molecule has 0 N–H and O–H groups in total. The zero-order valence-electron chi connectivity index (χ0n) is 14.1. The topological polar surface area (TPSA) is 9.23 Å². The molecule has 0 saturated carbocycles. The van der Waals surface area contributed by atoms with Gasteiger partial charge in [0.15, 0.2) is 0 Å². The van der Waals surface area contributed by atoms with Crippen molar-refractivity contribution in [2.75, 3.05) is 6.61 Å². The van der Waals surface area contributed by atoms with Crippen LogP contribution in [0.5, 0.6) is 5.75 Å². The molecule has 1 aromatic carbocycles. The second kappa shape index (κ2) is 9.15. The second-order valence-corrected chi connectivity index (χ2v) is 6.02. The summed E-state index contributed by atoms with van der Waals surface area (Å²) in [5.41, 5.74) is 3.62. The molecule has 0 bridgehead atoms. The summed E-state index contributed by atoms with van der Waals surface area (Å²) in [6.45, 7) is 11.5. The second-order valence-electron chi connectivity index (χ2n) is 5.61. The van der Waals surface area contributed by atoms with Gasteiger partial charge in [-0.25, -0.2) is 0 Å². The predicted molar refractivity (Wildman–Crippen MR) is 93.8 cm³/mol. The highest BCUT2D eigenvalue weighted by atomic mass is 35.5. The third kappa shape index (κ3) is 4.78. The smallest absolute Gasteiger partial charge is 0.126 e. The first-order valence-corrected chi connectivity index (χ1v) is 8.51. The number of rotatable bonds is 8. The van der Waals surface area contributed by atoms with Crippen molar-refractivity contribution in [3.05, 3.63) is 39.9 Å². The lowest BCUT2D eigenvalue weighted by molar-refractivity contribution is 0.309. The van der Waals surface area contributed by atoms with Gasteiger partial charge in [0.1, 0.15) is 5.75 Å². The molecule has 0 spiro atoms. The van der Waals surface area contributed by atoms with E-state index in [2.05, 4.69) is 46.8 Å². The minimum Gasteiger partial charge on any atom is -0.493 e. The molecule has 118 valence electrons. The Morgan fingerprint density at radius 2 is 1.90 bits per heavy atom. The molecule has 0 aromatic heterocycles. The van der Waals surface area contributed by atoms with Crippen LogP contribution < -0.4 is 4.74 Å². The molecule has 0 amide bonds. The van der Waals surface area contributed by atoms with Crippen LogP contribution in [-0.4, -0.2) is 6.61 Å². The van der Waals surface area contributed by atoms with E-state index in [1.165, 1.54) is 11.1 Å². The molecule has 0 radical (unpaired) electrons. The van der Waals surface area contributed by atoms with Crippen LogP contribution in [0.1, 0.15) is 69.1 Å². The number of allylic oxidation sites excluding steroid dienone is 2. The fourth-order valence-electron chi connectivity index (χ4n) is 2.68. The van der Waals surface area contributed by atoms with Gasteiger partial charge in [0.25, 0.3) is 0 Å². The van der Waals surface area contributed by atoms with E-state index in [9.17, 15) is 0 Å². The maximum atomic E-state index is 6.41. The van der Waals surface area contributed by atoms with Gasteiger partial charge in [0.2, 0.25) is 0 Å². The fraction of sp³-hybridized carbons (Fsp3) is 0.579. The van der Waals surface area contributed by atoms with Crippen molar-refractivity contribution in [2.24, 2.45) is 0 Å². The van der Waals surface area contributed by atoms with Gasteiger partial charge < -0.3 is 4.74 Å². The highest BCUT2D eigenvalue weighted by Gasteiger charge is 2.20. The number of ether oxygens (including phenoxy) is 1. The molecule has 1 nitrogen and oxygen atoms in total. The lowest BCUT2D eigenvalue weighted by Gasteiger charge is -2.23. The first kappa shape index (κ1) is 18.1. The first-order chi connectivity index (χ1) is 10.1. The molecular weight excluding hydrogens is 280 g/mol. The van der Waals surface area contributed by atoms with Gasteiger partial charge in [-0.05, 0) is 62.6 Å². The first-order valence-electron chi connectivity index (χ1n) is 8.14. The molecule has 1 rings (SSSR count). The lowest BCUT2D eigenvalue weighted by atomic mass is 9.87. The van der Waals surface area contributed by atoms with Gasteiger partial charge in [0.05, 0.1) is 6.61 Å². The number of aryl methyl sites for hydroxylation is 1. The van der Waals surface area contributed by atoms with Crippen molar-refractivity contribution in [3.8, 4) is 5.75 Å². The summed E-state index contributed by atoms with van der Waals surface area (Å²) in [4.78, 5) is 0. The Balaban J connectivity index is 3.24. The molecular formula is C19H29ClO. The number of benzene rings is 1. The zero-order chi connectivity index (χ0) is 15.8. The summed E-state index contributed by atoms with van der Waals surface area (Å²) in [6, 6.07) is 2.03. The highest BCUT2D eigenvalue weighted by molar-refractivity contribution is 6.31. The normalized spacial score (nSPS) is 12.9. The predicted octanol–water partition coefficient (Wildman–Crippen LogP) is 6.60. The number of halogens is 1. The van der Waals surface area contributed by atoms with E-state index in [1.54, 1.807) is 0 Å². The van der Waals surface area contributed by atoms with Crippen molar-refractivity contribution in [1.29, 1.82) is 0 Å².